The minimum Gasteiger partial charge on any atom is -0.353 e. The van der Waals surface area contributed by atoms with Crippen LogP contribution in [0.3, 0.4) is 0 Å². The summed E-state index contributed by atoms with van der Waals surface area (Å²) in [5.74, 6) is 0. The summed E-state index contributed by atoms with van der Waals surface area (Å²) in [7, 11) is 0. The average molecular weight is 249 g/mol. The Morgan fingerprint density at radius 1 is 1.62 bits per heavy atom. The van der Waals surface area contributed by atoms with Crippen LogP contribution in [0.25, 0.3) is 0 Å². The van der Waals surface area contributed by atoms with Crippen LogP contribution in [-0.4, -0.2) is 24.8 Å². The summed E-state index contributed by atoms with van der Waals surface area (Å²) in [4.78, 5) is 0. The highest BCUT2D eigenvalue weighted by molar-refractivity contribution is 9.09. The SMILES string of the molecule is CC=C(CBr)COC1CCCCO1. The van der Waals surface area contributed by atoms with Crippen molar-refractivity contribution < 1.29 is 9.47 Å². The highest BCUT2D eigenvalue weighted by Gasteiger charge is 2.13. The van der Waals surface area contributed by atoms with Gasteiger partial charge in [-0.3, -0.25) is 0 Å². The van der Waals surface area contributed by atoms with Crippen LogP contribution in [0.5, 0.6) is 0 Å². The van der Waals surface area contributed by atoms with Crippen molar-refractivity contribution in [2.75, 3.05) is 18.5 Å². The maximum Gasteiger partial charge on any atom is 0.158 e. The van der Waals surface area contributed by atoms with Gasteiger partial charge in [0.05, 0.1) is 6.61 Å². The molecular formula is C10H17BrO2. The molecule has 0 amide bonds. The van der Waals surface area contributed by atoms with Crippen LogP contribution in [-0.2, 0) is 9.47 Å². The third-order valence-corrected chi connectivity index (χ3v) is 2.89. The molecule has 1 rings (SSSR count). The lowest BCUT2D eigenvalue weighted by Gasteiger charge is -2.22. The zero-order chi connectivity index (χ0) is 9.52. The van der Waals surface area contributed by atoms with Crippen molar-refractivity contribution in [2.45, 2.75) is 32.5 Å². The Bertz CT molecular complexity index is 162. The molecule has 1 aliphatic heterocycles. The molecule has 1 fully saturated rings. The molecule has 3 heteroatoms. The lowest BCUT2D eigenvalue weighted by Crippen LogP contribution is -2.23. The Morgan fingerprint density at radius 2 is 2.46 bits per heavy atom. The van der Waals surface area contributed by atoms with Gasteiger partial charge in [-0.05, 0) is 31.8 Å². The summed E-state index contributed by atoms with van der Waals surface area (Å²) in [5.41, 5.74) is 1.27. The van der Waals surface area contributed by atoms with Gasteiger partial charge >= 0.3 is 0 Å². The van der Waals surface area contributed by atoms with Crippen molar-refractivity contribution >= 4 is 15.9 Å². The second-order valence-electron chi connectivity index (χ2n) is 3.19. The van der Waals surface area contributed by atoms with E-state index in [1.807, 2.05) is 6.92 Å². The third kappa shape index (κ3) is 4.25. The van der Waals surface area contributed by atoms with Crippen molar-refractivity contribution in [3.63, 3.8) is 0 Å². The summed E-state index contributed by atoms with van der Waals surface area (Å²) in [6.45, 7) is 3.57. The molecule has 0 N–H and O–H groups in total. The first-order valence-corrected chi connectivity index (χ1v) is 5.92. The van der Waals surface area contributed by atoms with Crippen molar-refractivity contribution in [1.29, 1.82) is 0 Å². The fraction of sp³-hybridized carbons (Fsp3) is 0.800. The Morgan fingerprint density at radius 3 is 3.00 bits per heavy atom. The molecule has 1 saturated heterocycles. The number of hydrogen-bond acceptors (Lipinski definition) is 2. The number of rotatable bonds is 4. The van der Waals surface area contributed by atoms with Gasteiger partial charge in [0.15, 0.2) is 6.29 Å². The molecule has 13 heavy (non-hydrogen) atoms. The molecule has 1 aliphatic rings. The summed E-state index contributed by atoms with van der Waals surface area (Å²) < 4.78 is 11.1. The monoisotopic (exact) mass is 248 g/mol. The first-order valence-electron chi connectivity index (χ1n) is 4.80. The Kier molecular flexibility index (Phi) is 5.67. The second-order valence-corrected chi connectivity index (χ2v) is 3.75. The van der Waals surface area contributed by atoms with Crippen LogP contribution in [0.15, 0.2) is 11.6 Å². The predicted molar refractivity (Wildman–Crippen MR) is 57.1 cm³/mol. The van der Waals surface area contributed by atoms with Crippen LogP contribution >= 0.6 is 15.9 Å². The standard InChI is InChI=1S/C10H17BrO2/c1-2-9(7-11)8-13-10-5-3-4-6-12-10/h2,10H,3-8H2,1H3. The van der Waals surface area contributed by atoms with Crippen molar-refractivity contribution in [2.24, 2.45) is 0 Å². The van der Waals surface area contributed by atoms with Gasteiger partial charge in [-0.15, -0.1) is 0 Å². The number of hydrogen-bond donors (Lipinski definition) is 0. The molecule has 0 aromatic heterocycles. The van der Waals surface area contributed by atoms with E-state index in [2.05, 4.69) is 22.0 Å². The fourth-order valence-electron chi connectivity index (χ4n) is 1.24. The number of halogens is 1. The summed E-state index contributed by atoms with van der Waals surface area (Å²) in [6.07, 6.45) is 5.55. The first kappa shape index (κ1) is 11.2. The Balaban J connectivity index is 2.16. The number of alkyl halides is 1. The summed E-state index contributed by atoms with van der Waals surface area (Å²) in [6, 6.07) is 0. The van der Waals surface area contributed by atoms with Gasteiger partial charge in [-0.2, -0.15) is 0 Å². The lowest BCUT2D eigenvalue weighted by atomic mass is 10.2. The highest BCUT2D eigenvalue weighted by atomic mass is 79.9. The van der Waals surface area contributed by atoms with E-state index >= 15 is 0 Å². The van der Waals surface area contributed by atoms with Crippen molar-refractivity contribution in [3.8, 4) is 0 Å². The van der Waals surface area contributed by atoms with Gasteiger partial charge in [-0.1, -0.05) is 22.0 Å². The quantitative estimate of drug-likeness (QED) is 0.563. The Hall–Kier alpha value is 0.140. The number of allylic oxidation sites excluding steroid dienone is 1. The topological polar surface area (TPSA) is 18.5 Å². The van der Waals surface area contributed by atoms with Gasteiger partial charge < -0.3 is 9.47 Å². The van der Waals surface area contributed by atoms with E-state index in [0.29, 0.717) is 6.61 Å². The van der Waals surface area contributed by atoms with Crippen LogP contribution in [0.4, 0.5) is 0 Å². The van der Waals surface area contributed by atoms with Gasteiger partial charge in [0.25, 0.3) is 0 Å². The van der Waals surface area contributed by atoms with E-state index in [-0.39, 0.29) is 6.29 Å². The molecule has 0 aliphatic carbocycles. The van der Waals surface area contributed by atoms with Gasteiger partial charge in [-0.25, -0.2) is 0 Å². The zero-order valence-corrected chi connectivity index (χ0v) is 9.68. The van der Waals surface area contributed by atoms with Gasteiger partial charge in [0.2, 0.25) is 0 Å². The van der Waals surface area contributed by atoms with Gasteiger partial charge in [0.1, 0.15) is 0 Å². The molecule has 0 saturated carbocycles. The summed E-state index contributed by atoms with van der Waals surface area (Å²) >= 11 is 3.41. The third-order valence-electron chi connectivity index (χ3n) is 2.17. The van der Waals surface area contributed by atoms with E-state index in [9.17, 15) is 0 Å². The second kappa shape index (κ2) is 6.57. The Labute approximate surface area is 88.4 Å². The van der Waals surface area contributed by atoms with Crippen LogP contribution in [0.1, 0.15) is 26.2 Å². The molecular weight excluding hydrogens is 232 g/mol. The maximum atomic E-state index is 5.61. The highest BCUT2D eigenvalue weighted by Crippen LogP contribution is 2.14. The molecule has 1 heterocycles. The van der Waals surface area contributed by atoms with E-state index in [1.54, 1.807) is 0 Å². The first-order chi connectivity index (χ1) is 6.36. The normalized spacial score (nSPS) is 24.8. The van der Waals surface area contributed by atoms with E-state index in [0.717, 1.165) is 18.4 Å². The average Bonchev–Trinajstić information content (AvgIpc) is 2.21. The van der Waals surface area contributed by atoms with Crippen LogP contribution in [0, 0.1) is 0 Å². The smallest absolute Gasteiger partial charge is 0.158 e. The largest absolute Gasteiger partial charge is 0.353 e. The van der Waals surface area contributed by atoms with Crippen molar-refractivity contribution in [3.05, 3.63) is 11.6 Å². The summed E-state index contributed by atoms with van der Waals surface area (Å²) in [5, 5.41) is 0.885. The van der Waals surface area contributed by atoms with E-state index in [4.69, 9.17) is 9.47 Å². The molecule has 0 radical (unpaired) electrons. The molecule has 0 aromatic rings. The maximum absolute atomic E-state index is 5.61. The lowest BCUT2D eigenvalue weighted by molar-refractivity contribution is -0.156. The molecule has 0 aromatic carbocycles. The molecule has 1 atom stereocenters. The van der Waals surface area contributed by atoms with Crippen LogP contribution < -0.4 is 0 Å². The minimum atomic E-state index is 0.0303. The molecule has 0 spiro atoms. The predicted octanol–water partition coefficient (Wildman–Crippen LogP) is 2.87. The molecule has 76 valence electrons. The van der Waals surface area contributed by atoms with Crippen LogP contribution in [0.2, 0.25) is 0 Å². The zero-order valence-electron chi connectivity index (χ0n) is 8.09. The molecule has 0 bridgehead atoms. The van der Waals surface area contributed by atoms with E-state index < -0.39 is 0 Å². The molecule has 2 nitrogen and oxygen atoms in total. The van der Waals surface area contributed by atoms with Crippen molar-refractivity contribution in [1.82, 2.24) is 0 Å². The van der Waals surface area contributed by atoms with Gasteiger partial charge in [0, 0.05) is 11.9 Å². The minimum absolute atomic E-state index is 0.0303. The van der Waals surface area contributed by atoms with E-state index in [1.165, 1.54) is 18.4 Å². The molecule has 1 unspecified atom stereocenters. The fourth-order valence-corrected chi connectivity index (χ4v) is 1.73. The number of ether oxygens (including phenoxy) is 2.